The fraction of sp³-hybridized carbons (Fsp3) is 0.400. The van der Waals surface area contributed by atoms with Crippen LogP contribution in [0.15, 0.2) is 30.6 Å². The standard InChI is InChI=1S/C20H24ClN5O2/c1-28-13-20(27)26-6-4-14(5-7-26)10-23-11-16(9-22)15-8-18-17(24-12-15)2-3-19(21)25-18/h2-3,8-9,11-12,14,22-23H,4-7,10,13H2,1H3/b16-11+,22-9?. The molecule has 148 valence electrons. The molecule has 7 nitrogen and oxygen atoms in total. The highest BCUT2D eigenvalue weighted by Gasteiger charge is 2.22. The Balaban J connectivity index is 1.57. The van der Waals surface area contributed by atoms with Gasteiger partial charge in [0.2, 0.25) is 5.91 Å². The van der Waals surface area contributed by atoms with Gasteiger partial charge in [0, 0.05) is 56.5 Å². The van der Waals surface area contributed by atoms with Crippen molar-refractivity contribution in [2.24, 2.45) is 5.92 Å². The second kappa shape index (κ2) is 9.61. The van der Waals surface area contributed by atoms with Crippen LogP contribution in [-0.4, -0.2) is 60.3 Å². The van der Waals surface area contributed by atoms with Gasteiger partial charge in [-0.2, -0.15) is 0 Å². The number of piperidine rings is 1. The van der Waals surface area contributed by atoms with Crippen LogP contribution >= 0.6 is 11.6 Å². The van der Waals surface area contributed by atoms with Gasteiger partial charge < -0.3 is 20.4 Å². The Bertz CT molecular complexity index is 878. The van der Waals surface area contributed by atoms with E-state index in [0.717, 1.165) is 49.1 Å². The highest BCUT2D eigenvalue weighted by molar-refractivity contribution is 6.29. The van der Waals surface area contributed by atoms with Crippen molar-refractivity contribution >= 4 is 40.3 Å². The summed E-state index contributed by atoms with van der Waals surface area (Å²) in [4.78, 5) is 22.4. The lowest BCUT2D eigenvalue weighted by molar-refractivity contribution is -0.136. The Hall–Kier alpha value is -2.51. The number of halogens is 1. The van der Waals surface area contributed by atoms with Crippen molar-refractivity contribution in [1.29, 1.82) is 5.41 Å². The zero-order valence-corrected chi connectivity index (χ0v) is 16.6. The average Bonchev–Trinajstić information content (AvgIpc) is 2.71. The third-order valence-corrected chi connectivity index (χ3v) is 5.10. The molecule has 3 heterocycles. The van der Waals surface area contributed by atoms with Crippen LogP contribution in [0.1, 0.15) is 18.4 Å². The maximum atomic E-state index is 11.8. The number of aromatic nitrogens is 2. The van der Waals surface area contributed by atoms with Crippen LogP contribution in [0.3, 0.4) is 0 Å². The van der Waals surface area contributed by atoms with Gasteiger partial charge in [0.15, 0.2) is 0 Å². The zero-order valence-electron chi connectivity index (χ0n) is 15.8. The monoisotopic (exact) mass is 401 g/mol. The molecule has 1 amide bonds. The molecule has 1 aliphatic rings. The summed E-state index contributed by atoms with van der Waals surface area (Å²) in [6.45, 7) is 2.47. The summed E-state index contributed by atoms with van der Waals surface area (Å²) in [5, 5.41) is 11.5. The molecule has 0 aliphatic carbocycles. The normalized spacial score (nSPS) is 15.6. The first-order valence-electron chi connectivity index (χ1n) is 9.24. The number of fused-ring (bicyclic) bond motifs is 1. The molecule has 3 rings (SSSR count). The summed E-state index contributed by atoms with van der Waals surface area (Å²) in [6, 6.07) is 5.41. The van der Waals surface area contributed by atoms with Crippen molar-refractivity contribution in [2.45, 2.75) is 12.8 Å². The second-order valence-electron chi connectivity index (χ2n) is 6.81. The van der Waals surface area contributed by atoms with Crippen LogP contribution in [0.2, 0.25) is 5.15 Å². The number of hydrogen-bond acceptors (Lipinski definition) is 6. The van der Waals surface area contributed by atoms with E-state index in [2.05, 4.69) is 15.3 Å². The van der Waals surface area contributed by atoms with E-state index in [4.69, 9.17) is 21.7 Å². The third kappa shape index (κ3) is 5.05. The van der Waals surface area contributed by atoms with Gasteiger partial charge in [-0.25, -0.2) is 4.98 Å². The van der Waals surface area contributed by atoms with E-state index in [9.17, 15) is 4.79 Å². The van der Waals surface area contributed by atoms with Crippen molar-refractivity contribution < 1.29 is 9.53 Å². The van der Waals surface area contributed by atoms with Crippen LogP contribution in [-0.2, 0) is 9.53 Å². The first-order chi connectivity index (χ1) is 13.6. The molecule has 0 saturated carbocycles. The minimum absolute atomic E-state index is 0.0532. The lowest BCUT2D eigenvalue weighted by atomic mass is 9.97. The van der Waals surface area contributed by atoms with Crippen LogP contribution in [0.25, 0.3) is 16.6 Å². The first-order valence-corrected chi connectivity index (χ1v) is 9.62. The minimum Gasteiger partial charge on any atom is -0.390 e. The number of carbonyl (C=O) groups excluding carboxylic acids is 1. The molecule has 0 aromatic carbocycles. The maximum absolute atomic E-state index is 11.8. The fourth-order valence-electron chi connectivity index (χ4n) is 3.28. The van der Waals surface area contributed by atoms with E-state index < -0.39 is 0 Å². The number of amides is 1. The van der Waals surface area contributed by atoms with E-state index in [0.29, 0.717) is 16.6 Å². The molecule has 0 bridgehead atoms. The summed E-state index contributed by atoms with van der Waals surface area (Å²) in [5.74, 6) is 0.544. The molecule has 1 fully saturated rings. The van der Waals surface area contributed by atoms with Crippen molar-refractivity contribution in [3.05, 3.63) is 41.3 Å². The quantitative estimate of drug-likeness (QED) is 0.549. The Morgan fingerprint density at radius 3 is 2.89 bits per heavy atom. The molecule has 0 unspecified atom stereocenters. The third-order valence-electron chi connectivity index (χ3n) is 4.89. The molecule has 0 spiro atoms. The molecular weight excluding hydrogens is 378 g/mol. The molecule has 2 N–H and O–H groups in total. The molecule has 0 radical (unpaired) electrons. The smallest absolute Gasteiger partial charge is 0.248 e. The number of methoxy groups -OCH3 is 1. The SMILES string of the molecule is COCC(=O)N1CCC(CN/C=C(\C=N)c2cnc3ccc(Cl)nc3c2)CC1. The Labute approximate surface area is 169 Å². The lowest BCUT2D eigenvalue weighted by Crippen LogP contribution is -2.41. The number of allylic oxidation sites excluding steroid dienone is 1. The van der Waals surface area contributed by atoms with Crippen molar-refractivity contribution in [1.82, 2.24) is 20.2 Å². The van der Waals surface area contributed by atoms with Crippen LogP contribution in [0, 0.1) is 11.3 Å². The van der Waals surface area contributed by atoms with E-state index in [1.165, 1.54) is 13.3 Å². The predicted octanol–water partition coefficient (Wildman–Crippen LogP) is 2.75. The summed E-state index contributed by atoms with van der Waals surface area (Å²) in [5.41, 5.74) is 3.00. The highest BCUT2D eigenvalue weighted by Crippen LogP contribution is 2.19. The van der Waals surface area contributed by atoms with Crippen molar-refractivity contribution in [3.63, 3.8) is 0 Å². The van der Waals surface area contributed by atoms with Gasteiger partial charge >= 0.3 is 0 Å². The van der Waals surface area contributed by atoms with Gasteiger partial charge in [0.25, 0.3) is 0 Å². The lowest BCUT2D eigenvalue weighted by Gasteiger charge is -2.31. The number of pyridine rings is 2. The van der Waals surface area contributed by atoms with Gasteiger partial charge in [-0.3, -0.25) is 9.78 Å². The molecule has 1 aliphatic heterocycles. The topological polar surface area (TPSA) is 91.2 Å². The summed E-state index contributed by atoms with van der Waals surface area (Å²) in [6.07, 6.45) is 6.78. The molecular formula is C20H24ClN5O2. The summed E-state index contributed by atoms with van der Waals surface area (Å²) >= 11 is 5.96. The number of nitrogens with one attached hydrogen (secondary N) is 2. The molecule has 0 atom stereocenters. The van der Waals surface area contributed by atoms with E-state index in [1.807, 2.05) is 23.2 Å². The number of likely N-dealkylation sites (tertiary alicyclic amines) is 1. The second-order valence-corrected chi connectivity index (χ2v) is 7.19. The van der Waals surface area contributed by atoms with E-state index >= 15 is 0 Å². The van der Waals surface area contributed by atoms with Crippen molar-refractivity contribution in [2.75, 3.05) is 33.4 Å². The first kappa shape index (κ1) is 20.2. The number of rotatable bonds is 7. The Kier molecular flexibility index (Phi) is 6.95. The molecule has 2 aromatic rings. The average molecular weight is 402 g/mol. The highest BCUT2D eigenvalue weighted by atomic mass is 35.5. The van der Waals surface area contributed by atoms with Gasteiger partial charge in [0.05, 0.1) is 11.0 Å². The van der Waals surface area contributed by atoms with E-state index in [1.54, 1.807) is 12.3 Å². The van der Waals surface area contributed by atoms with Gasteiger partial charge in [-0.15, -0.1) is 0 Å². The fourth-order valence-corrected chi connectivity index (χ4v) is 3.44. The predicted molar refractivity (Wildman–Crippen MR) is 110 cm³/mol. The summed E-state index contributed by atoms with van der Waals surface area (Å²) < 4.78 is 4.91. The zero-order chi connectivity index (χ0) is 19.9. The molecule has 2 aromatic heterocycles. The van der Waals surface area contributed by atoms with Gasteiger partial charge in [-0.05, 0) is 37.0 Å². The molecule has 28 heavy (non-hydrogen) atoms. The summed E-state index contributed by atoms with van der Waals surface area (Å²) in [7, 11) is 1.54. The maximum Gasteiger partial charge on any atom is 0.248 e. The van der Waals surface area contributed by atoms with Crippen molar-refractivity contribution in [3.8, 4) is 0 Å². The molecule has 8 heteroatoms. The largest absolute Gasteiger partial charge is 0.390 e. The number of nitrogens with zero attached hydrogens (tertiary/aromatic N) is 3. The molecule has 1 saturated heterocycles. The Morgan fingerprint density at radius 2 is 2.18 bits per heavy atom. The van der Waals surface area contributed by atoms with Gasteiger partial charge in [0.1, 0.15) is 11.8 Å². The Morgan fingerprint density at radius 1 is 1.39 bits per heavy atom. The number of hydrogen-bond donors (Lipinski definition) is 2. The van der Waals surface area contributed by atoms with Gasteiger partial charge in [-0.1, -0.05) is 11.6 Å². The van der Waals surface area contributed by atoms with Crippen LogP contribution < -0.4 is 5.32 Å². The van der Waals surface area contributed by atoms with Crippen LogP contribution in [0.4, 0.5) is 0 Å². The van der Waals surface area contributed by atoms with Crippen LogP contribution in [0.5, 0.6) is 0 Å². The number of ether oxygens (including phenoxy) is 1. The minimum atomic E-state index is 0.0532. The number of carbonyl (C=O) groups is 1. The van der Waals surface area contributed by atoms with E-state index in [-0.39, 0.29) is 12.5 Å².